The maximum absolute atomic E-state index is 12.8. The van der Waals surface area contributed by atoms with Gasteiger partial charge < -0.3 is 29.0 Å². The SMILES string of the molecule is COc1ccc(OCCOC(=O)c2cc(OC)c(OC)cc2NC(=O)c2ccccc2Cl)cc1. The van der Waals surface area contributed by atoms with Crippen molar-refractivity contribution in [2.75, 3.05) is 39.9 Å². The molecule has 0 spiro atoms. The minimum atomic E-state index is -0.672. The number of halogens is 1. The molecule has 0 aromatic heterocycles. The third kappa shape index (κ3) is 6.11. The lowest BCUT2D eigenvalue weighted by Crippen LogP contribution is -2.18. The quantitative estimate of drug-likeness (QED) is 0.324. The summed E-state index contributed by atoms with van der Waals surface area (Å²) in [6, 6.07) is 16.5. The molecule has 0 atom stereocenters. The topological polar surface area (TPSA) is 92.3 Å². The summed E-state index contributed by atoms with van der Waals surface area (Å²) in [7, 11) is 4.47. The number of hydrogen-bond acceptors (Lipinski definition) is 7. The fourth-order valence-electron chi connectivity index (χ4n) is 3.03. The molecule has 178 valence electrons. The lowest BCUT2D eigenvalue weighted by Gasteiger charge is -2.16. The van der Waals surface area contributed by atoms with Gasteiger partial charge in [-0.05, 0) is 36.4 Å². The van der Waals surface area contributed by atoms with Crippen molar-refractivity contribution in [2.24, 2.45) is 0 Å². The van der Waals surface area contributed by atoms with Crippen molar-refractivity contribution in [3.05, 3.63) is 76.8 Å². The molecule has 0 bridgehead atoms. The number of carbonyl (C=O) groups excluding carboxylic acids is 2. The molecule has 3 aromatic carbocycles. The van der Waals surface area contributed by atoms with Crippen LogP contribution in [0.5, 0.6) is 23.0 Å². The molecule has 0 aliphatic carbocycles. The molecule has 0 aliphatic heterocycles. The summed E-state index contributed by atoms with van der Waals surface area (Å²) in [4.78, 5) is 25.6. The number of ether oxygens (including phenoxy) is 5. The number of benzene rings is 3. The van der Waals surface area contributed by atoms with E-state index in [0.717, 1.165) is 0 Å². The van der Waals surface area contributed by atoms with Gasteiger partial charge in [-0.25, -0.2) is 4.79 Å². The summed E-state index contributed by atoms with van der Waals surface area (Å²) in [5.41, 5.74) is 0.525. The standard InChI is InChI=1S/C25H24ClNO7/c1-30-16-8-10-17(11-9-16)33-12-13-34-25(29)19-14-22(31-2)23(32-3)15-21(19)27-24(28)18-6-4-5-7-20(18)26/h4-11,14-15H,12-13H2,1-3H3,(H,27,28). The number of methoxy groups -OCH3 is 3. The normalized spacial score (nSPS) is 10.2. The molecule has 0 heterocycles. The van der Waals surface area contributed by atoms with Gasteiger partial charge in [0.25, 0.3) is 5.91 Å². The Kier molecular flexibility index (Phi) is 8.59. The predicted molar refractivity (Wildman–Crippen MR) is 128 cm³/mol. The van der Waals surface area contributed by atoms with Crippen molar-refractivity contribution in [2.45, 2.75) is 0 Å². The van der Waals surface area contributed by atoms with Crippen LogP contribution in [-0.2, 0) is 4.74 Å². The highest BCUT2D eigenvalue weighted by atomic mass is 35.5. The summed E-state index contributed by atoms with van der Waals surface area (Å²) in [5, 5.41) is 2.98. The number of rotatable bonds is 10. The van der Waals surface area contributed by atoms with Gasteiger partial charge in [0.1, 0.15) is 24.7 Å². The summed E-state index contributed by atoms with van der Waals surface area (Å²) < 4.78 is 26.6. The van der Waals surface area contributed by atoms with E-state index < -0.39 is 11.9 Å². The molecule has 8 nitrogen and oxygen atoms in total. The van der Waals surface area contributed by atoms with Crippen LogP contribution < -0.4 is 24.3 Å². The van der Waals surface area contributed by atoms with E-state index in [1.807, 2.05) is 0 Å². The zero-order chi connectivity index (χ0) is 24.5. The van der Waals surface area contributed by atoms with E-state index in [4.69, 9.17) is 35.3 Å². The van der Waals surface area contributed by atoms with Gasteiger partial charge in [-0.1, -0.05) is 23.7 Å². The molecular formula is C25H24ClNO7. The highest BCUT2D eigenvalue weighted by molar-refractivity contribution is 6.34. The van der Waals surface area contributed by atoms with Gasteiger partial charge in [0.05, 0.1) is 43.2 Å². The molecule has 3 rings (SSSR count). The van der Waals surface area contributed by atoms with Gasteiger partial charge in [-0.15, -0.1) is 0 Å². The van der Waals surface area contributed by atoms with Crippen LogP contribution in [0.2, 0.25) is 5.02 Å². The number of carbonyl (C=O) groups is 2. The highest BCUT2D eigenvalue weighted by Gasteiger charge is 2.21. The van der Waals surface area contributed by atoms with Crippen molar-refractivity contribution in [3.63, 3.8) is 0 Å². The van der Waals surface area contributed by atoms with E-state index in [-0.39, 0.29) is 35.1 Å². The van der Waals surface area contributed by atoms with Gasteiger partial charge in [-0.3, -0.25) is 4.79 Å². The first kappa shape index (κ1) is 24.7. The van der Waals surface area contributed by atoms with Crippen LogP contribution >= 0.6 is 11.6 Å². The van der Waals surface area contributed by atoms with Crippen molar-refractivity contribution in [1.29, 1.82) is 0 Å². The van der Waals surface area contributed by atoms with Crippen LogP contribution in [0, 0.1) is 0 Å². The minimum absolute atomic E-state index is 0.0168. The fraction of sp³-hybridized carbons (Fsp3) is 0.200. The average Bonchev–Trinajstić information content (AvgIpc) is 2.86. The van der Waals surface area contributed by atoms with Crippen molar-refractivity contribution >= 4 is 29.2 Å². The summed E-state index contributed by atoms with van der Waals surface area (Å²) in [5.74, 6) is 0.786. The Morgan fingerprint density at radius 3 is 2.09 bits per heavy atom. The molecule has 0 fully saturated rings. The second kappa shape index (κ2) is 11.8. The largest absolute Gasteiger partial charge is 0.497 e. The highest BCUT2D eigenvalue weighted by Crippen LogP contribution is 2.34. The van der Waals surface area contributed by atoms with Crippen LogP contribution in [0.25, 0.3) is 0 Å². The van der Waals surface area contributed by atoms with Crippen LogP contribution in [0.1, 0.15) is 20.7 Å². The number of hydrogen-bond donors (Lipinski definition) is 1. The Morgan fingerprint density at radius 2 is 1.44 bits per heavy atom. The third-order valence-electron chi connectivity index (χ3n) is 4.75. The van der Waals surface area contributed by atoms with Crippen LogP contribution in [0.4, 0.5) is 5.69 Å². The number of amides is 1. The molecular weight excluding hydrogens is 462 g/mol. The van der Waals surface area contributed by atoms with E-state index in [2.05, 4.69) is 5.32 Å². The zero-order valence-electron chi connectivity index (χ0n) is 18.9. The van der Waals surface area contributed by atoms with Gasteiger partial charge in [0.15, 0.2) is 11.5 Å². The molecule has 34 heavy (non-hydrogen) atoms. The van der Waals surface area contributed by atoms with Gasteiger partial charge in [0, 0.05) is 12.1 Å². The first-order valence-electron chi connectivity index (χ1n) is 10.2. The Morgan fingerprint density at radius 1 is 0.794 bits per heavy atom. The van der Waals surface area contributed by atoms with E-state index in [1.165, 1.54) is 26.4 Å². The molecule has 3 aromatic rings. The van der Waals surface area contributed by atoms with E-state index >= 15 is 0 Å². The van der Waals surface area contributed by atoms with Gasteiger partial charge in [-0.2, -0.15) is 0 Å². The van der Waals surface area contributed by atoms with Gasteiger partial charge >= 0.3 is 5.97 Å². The maximum Gasteiger partial charge on any atom is 0.340 e. The van der Waals surface area contributed by atoms with E-state index in [0.29, 0.717) is 23.0 Å². The number of nitrogens with one attached hydrogen (secondary N) is 1. The van der Waals surface area contributed by atoms with Crippen LogP contribution in [0.15, 0.2) is 60.7 Å². The third-order valence-corrected chi connectivity index (χ3v) is 5.08. The first-order valence-corrected chi connectivity index (χ1v) is 10.6. The minimum Gasteiger partial charge on any atom is -0.497 e. The Balaban J connectivity index is 1.73. The molecule has 0 saturated heterocycles. The second-order valence-electron chi connectivity index (χ2n) is 6.85. The monoisotopic (exact) mass is 485 g/mol. The molecule has 9 heteroatoms. The molecule has 0 saturated carbocycles. The van der Waals surface area contributed by atoms with Crippen molar-refractivity contribution in [3.8, 4) is 23.0 Å². The molecule has 0 unspecified atom stereocenters. The van der Waals surface area contributed by atoms with E-state index in [9.17, 15) is 9.59 Å². The summed E-state index contributed by atoms with van der Waals surface area (Å²) >= 11 is 6.13. The number of anilines is 1. The smallest absolute Gasteiger partial charge is 0.340 e. The lowest BCUT2D eigenvalue weighted by molar-refractivity contribution is 0.0451. The zero-order valence-corrected chi connectivity index (χ0v) is 19.7. The fourth-order valence-corrected chi connectivity index (χ4v) is 3.25. The Labute approximate surface area is 202 Å². The summed E-state index contributed by atoms with van der Waals surface area (Å²) in [6.07, 6.45) is 0. The average molecular weight is 486 g/mol. The van der Waals surface area contributed by atoms with Gasteiger partial charge in [0.2, 0.25) is 0 Å². The van der Waals surface area contributed by atoms with Crippen LogP contribution in [-0.4, -0.2) is 46.4 Å². The van der Waals surface area contributed by atoms with Crippen LogP contribution in [0.3, 0.4) is 0 Å². The lowest BCUT2D eigenvalue weighted by atomic mass is 10.1. The maximum atomic E-state index is 12.8. The van der Waals surface area contributed by atoms with Crippen molar-refractivity contribution < 1.29 is 33.3 Å². The second-order valence-corrected chi connectivity index (χ2v) is 7.25. The Hall–Kier alpha value is -3.91. The molecule has 0 radical (unpaired) electrons. The predicted octanol–water partition coefficient (Wildman–Crippen LogP) is 4.85. The first-order chi connectivity index (χ1) is 16.5. The molecule has 0 aliphatic rings. The molecule has 1 N–H and O–H groups in total. The van der Waals surface area contributed by atoms with E-state index in [1.54, 1.807) is 55.6 Å². The summed E-state index contributed by atoms with van der Waals surface area (Å²) in [6.45, 7) is 0.115. The number of esters is 1. The van der Waals surface area contributed by atoms with Crippen molar-refractivity contribution in [1.82, 2.24) is 0 Å². The Bertz CT molecular complexity index is 1150. The molecule has 1 amide bonds.